The van der Waals surface area contributed by atoms with E-state index in [4.69, 9.17) is 4.74 Å². The molecule has 5 nitrogen and oxygen atoms in total. The Kier molecular flexibility index (Phi) is 10.8. The predicted octanol–water partition coefficient (Wildman–Crippen LogP) is 9.15. The van der Waals surface area contributed by atoms with Crippen LogP contribution in [0.3, 0.4) is 0 Å². The Morgan fingerprint density at radius 3 is 2.28 bits per heavy atom. The number of aryl methyl sites for hydroxylation is 1. The van der Waals surface area contributed by atoms with E-state index in [0.29, 0.717) is 5.13 Å². The van der Waals surface area contributed by atoms with Gasteiger partial charge in [-0.05, 0) is 55.7 Å². The molecule has 32 heavy (non-hydrogen) atoms. The average molecular weight is 471 g/mol. The van der Waals surface area contributed by atoms with Crippen LogP contribution in [-0.2, 0) is 6.42 Å². The summed E-state index contributed by atoms with van der Waals surface area (Å²) < 4.78 is 5.77. The van der Waals surface area contributed by atoms with E-state index in [9.17, 15) is 0 Å². The number of thiophene rings is 1. The van der Waals surface area contributed by atoms with Gasteiger partial charge in [0.05, 0.1) is 17.2 Å². The number of ether oxygens (including phenoxy) is 1. The van der Waals surface area contributed by atoms with Crippen molar-refractivity contribution < 1.29 is 4.74 Å². The smallest absolute Gasteiger partial charge is 0.252 e. The zero-order valence-electron chi connectivity index (χ0n) is 19.3. The maximum Gasteiger partial charge on any atom is 0.252 e. The number of azo groups is 1. The fourth-order valence-electron chi connectivity index (χ4n) is 3.31. The van der Waals surface area contributed by atoms with E-state index in [1.807, 2.05) is 35.6 Å². The lowest BCUT2D eigenvalue weighted by Crippen LogP contribution is -1.96. The molecule has 0 spiro atoms. The van der Waals surface area contributed by atoms with Gasteiger partial charge in [-0.3, -0.25) is 0 Å². The van der Waals surface area contributed by atoms with Crippen molar-refractivity contribution in [1.29, 1.82) is 0 Å². The van der Waals surface area contributed by atoms with Gasteiger partial charge < -0.3 is 4.74 Å². The standard InChI is InChI=1S/C25H34N4OS2/c1-3-5-7-9-10-12-22-17-18-23(31-22)24-27-29-25(32-24)28-26-20-13-15-21(16-14-20)30-19-11-8-6-4-2/h13-18H,3-12,19H2,1-2H3. The third kappa shape index (κ3) is 8.43. The van der Waals surface area contributed by atoms with Crippen molar-refractivity contribution in [3.05, 3.63) is 41.3 Å². The molecule has 1 aromatic carbocycles. The Morgan fingerprint density at radius 1 is 0.750 bits per heavy atom. The summed E-state index contributed by atoms with van der Waals surface area (Å²) in [4.78, 5) is 2.58. The minimum Gasteiger partial charge on any atom is -0.494 e. The molecule has 0 atom stereocenters. The second-order valence-electron chi connectivity index (χ2n) is 7.92. The summed E-state index contributed by atoms with van der Waals surface area (Å²) in [7, 11) is 0. The van der Waals surface area contributed by atoms with Crippen molar-refractivity contribution in [2.45, 2.75) is 78.1 Å². The van der Waals surface area contributed by atoms with Gasteiger partial charge in [0.1, 0.15) is 5.75 Å². The number of hydrogen-bond donors (Lipinski definition) is 0. The third-order valence-corrected chi connectivity index (χ3v) is 7.29. The summed E-state index contributed by atoms with van der Waals surface area (Å²) in [6, 6.07) is 12.1. The first kappa shape index (κ1) is 24.5. The quantitative estimate of drug-likeness (QED) is 0.164. The van der Waals surface area contributed by atoms with E-state index in [2.05, 4.69) is 46.4 Å². The molecular formula is C25H34N4OS2. The topological polar surface area (TPSA) is 59.7 Å². The molecule has 0 bridgehead atoms. The van der Waals surface area contributed by atoms with Crippen LogP contribution in [0.1, 0.15) is 76.5 Å². The molecule has 0 N–H and O–H groups in total. The number of aromatic nitrogens is 2. The second-order valence-corrected chi connectivity index (χ2v) is 10.0. The Bertz CT molecular complexity index is 934. The number of rotatable bonds is 15. The fourth-order valence-corrected chi connectivity index (χ4v) is 5.08. The fraction of sp³-hybridized carbons (Fsp3) is 0.520. The Morgan fingerprint density at radius 2 is 1.50 bits per heavy atom. The van der Waals surface area contributed by atoms with Crippen LogP contribution in [0.15, 0.2) is 46.6 Å². The first-order valence-corrected chi connectivity index (χ1v) is 13.5. The molecule has 3 aromatic rings. The van der Waals surface area contributed by atoms with E-state index in [-0.39, 0.29) is 0 Å². The van der Waals surface area contributed by atoms with Crippen LogP contribution >= 0.6 is 22.7 Å². The second kappa shape index (κ2) is 14.1. The molecule has 3 rings (SSSR count). The molecule has 172 valence electrons. The van der Waals surface area contributed by atoms with Crippen LogP contribution in [0.25, 0.3) is 9.88 Å². The Labute approximate surface area is 200 Å². The van der Waals surface area contributed by atoms with E-state index in [1.54, 1.807) is 0 Å². The van der Waals surface area contributed by atoms with Gasteiger partial charge in [-0.25, -0.2) is 0 Å². The molecule has 0 saturated carbocycles. The SMILES string of the molecule is CCCCCCCc1ccc(-c2nnc(N=Nc3ccc(OCCCCCC)cc3)s2)s1. The average Bonchev–Trinajstić information content (AvgIpc) is 3.48. The number of nitrogens with zero attached hydrogens (tertiary/aromatic N) is 4. The number of hydrogen-bond acceptors (Lipinski definition) is 7. The van der Waals surface area contributed by atoms with Crippen molar-refractivity contribution >= 4 is 33.5 Å². The monoisotopic (exact) mass is 470 g/mol. The number of unbranched alkanes of at least 4 members (excludes halogenated alkanes) is 7. The van der Waals surface area contributed by atoms with Crippen LogP contribution < -0.4 is 4.74 Å². The van der Waals surface area contributed by atoms with Crippen LogP contribution in [0.2, 0.25) is 0 Å². The van der Waals surface area contributed by atoms with Gasteiger partial charge in [-0.2, -0.15) is 0 Å². The highest BCUT2D eigenvalue weighted by Crippen LogP contribution is 2.34. The van der Waals surface area contributed by atoms with Crippen molar-refractivity contribution in [2.75, 3.05) is 6.61 Å². The van der Waals surface area contributed by atoms with Crippen molar-refractivity contribution in [3.63, 3.8) is 0 Å². The molecule has 0 unspecified atom stereocenters. The van der Waals surface area contributed by atoms with Gasteiger partial charge in [-0.15, -0.1) is 31.8 Å². The van der Waals surface area contributed by atoms with E-state index >= 15 is 0 Å². The summed E-state index contributed by atoms with van der Waals surface area (Å²) >= 11 is 3.29. The minimum absolute atomic E-state index is 0.575. The lowest BCUT2D eigenvalue weighted by Gasteiger charge is -2.05. The first-order valence-electron chi connectivity index (χ1n) is 11.9. The van der Waals surface area contributed by atoms with E-state index in [0.717, 1.165) is 40.8 Å². The summed E-state index contributed by atoms with van der Waals surface area (Å²) in [6.07, 6.45) is 12.5. The Balaban J connectivity index is 1.46. The summed E-state index contributed by atoms with van der Waals surface area (Å²) in [6.45, 7) is 5.23. The van der Waals surface area contributed by atoms with Gasteiger partial charge in [-0.1, -0.05) is 70.1 Å². The van der Waals surface area contributed by atoms with Gasteiger partial charge in [0, 0.05) is 4.88 Å². The zero-order valence-corrected chi connectivity index (χ0v) is 20.9. The van der Waals surface area contributed by atoms with E-state index in [1.165, 1.54) is 67.6 Å². The molecule has 0 saturated heterocycles. The van der Waals surface area contributed by atoms with Crippen molar-refractivity contribution in [3.8, 4) is 15.6 Å². The molecule has 0 fully saturated rings. The molecule has 2 aromatic heterocycles. The van der Waals surface area contributed by atoms with Gasteiger partial charge in [0.2, 0.25) is 0 Å². The maximum absolute atomic E-state index is 5.77. The summed E-state index contributed by atoms with van der Waals surface area (Å²) in [5, 5.41) is 18.5. The first-order chi connectivity index (χ1) is 15.8. The highest BCUT2D eigenvalue weighted by molar-refractivity contribution is 7.23. The van der Waals surface area contributed by atoms with Crippen LogP contribution in [0.5, 0.6) is 5.75 Å². The van der Waals surface area contributed by atoms with Gasteiger partial charge in [0.15, 0.2) is 5.01 Å². The zero-order chi connectivity index (χ0) is 22.4. The Hall–Kier alpha value is -2.12. The van der Waals surface area contributed by atoms with Crippen molar-refractivity contribution in [1.82, 2.24) is 10.2 Å². The lowest BCUT2D eigenvalue weighted by atomic mass is 10.1. The maximum atomic E-state index is 5.77. The normalized spacial score (nSPS) is 11.4. The van der Waals surface area contributed by atoms with Crippen molar-refractivity contribution in [2.24, 2.45) is 10.2 Å². The van der Waals surface area contributed by atoms with Gasteiger partial charge >= 0.3 is 0 Å². The largest absolute Gasteiger partial charge is 0.494 e. The van der Waals surface area contributed by atoms with Crippen LogP contribution in [0, 0.1) is 0 Å². The van der Waals surface area contributed by atoms with Crippen LogP contribution in [-0.4, -0.2) is 16.8 Å². The van der Waals surface area contributed by atoms with Gasteiger partial charge in [0.25, 0.3) is 5.13 Å². The minimum atomic E-state index is 0.575. The molecule has 7 heteroatoms. The molecule has 0 amide bonds. The highest BCUT2D eigenvalue weighted by atomic mass is 32.1. The molecule has 2 heterocycles. The highest BCUT2D eigenvalue weighted by Gasteiger charge is 2.09. The summed E-state index contributed by atoms with van der Waals surface area (Å²) in [5.74, 6) is 0.873. The predicted molar refractivity (Wildman–Crippen MR) is 136 cm³/mol. The third-order valence-electron chi connectivity index (χ3n) is 5.17. The molecule has 0 radical (unpaired) electrons. The molecule has 0 aliphatic rings. The molecular weight excluding hydrogens is 436 g/mol. The van der Waals surface area contributed by atoms with E-state index < -0.39 is 0 Å². The summed E-state index contributed by atoms with van der Waals surface area (Å²) in [5.41, 5.74) is 0.779. The molecule has 0 aliphatic carbocycles. The molecule has 0 aliphatic heterocycles. The lowest BCUT2D eigenvalue weighted by molar-refractivity contribution is 0.305. The number of benzene rings is 1. The van der Waals surface area contributed by atoms with Crippen LogP contribution in [0.4, 0.5) is 10.8 Å².